The van der Waals surface area contributed by atoms with Gasteiger partial charge in [0.25, 0.3) is 5.91 Å². The Hall–Kier alpha value is -3.74. The van der Waals surface area contributed by atoms with Gasteiger partial charge in [-0.25, -0.2) is 0 Å². The Morgan fingerprint density at radius 1 is 0.861 bits per heavy atom. The number of halogens is 1. The van der Waals surface area contributed by atoms with Gasteiger partial charge in [0.15, 0.2) is 0 Å². The van der Waals surface area contributed by atoms with E-state index in [4.69, 9.17) is 16.3 Å². The standard InChI is InChI=1S/C29H25ClN2O3S/c1-19-11-13-21(14-12-19)28(33)31-23-9-6-10-24(18-23)36-27(20-7-4-3-5-8-20)29(34)32-25-17-22(30)15-16-26(25)35-2/h3-18,27H,1-2H3,(H,31,33)(H,32,34). The van der Waals surface area contributed by atoms with Gasteiger partial charge in [-0.15, -0.1) is 11.8 Å². The van der Waals surface area contributed by atoms with Crippen molar-refractivity contribution >= 4 is 46.6 Å². The first-order chi connectivity index (χ1) is 17.4. The number of hydrogen-bond donors (Lipinski definition) is 2. The minimum Gasteiger partial charge on any atom is -0.495 e. The highest BCUT2D eigenvalue weighted by Crippen LogP contribution is 2.38. The van der Waals surface area contributed by atoms with Crippen LogP contribution in [-0.4, -0.2) is 18.9 Å². The Kier molecular flexibility index (Phi) is 8.31. The molecule has 2 amide bonds. The lowest BCUT2D eigenvalue weighted by Crippen LogP contribution is -2.19. The summed E-state index contributed by atoms with van der Waals surface area (Å²) in [5, 5.41) is 5.83. The van der Waals surface area contributed by atoms with Crippen molar-refractivity contribution in [2.75, 3.05) is 17.7 Å². The van der Waals surface area contributed by atoms with Gasteiger partial charge in [0.2, 0.25) is 5.91 Å². The first-order valence-electron chi connectivity index (χ1n) is 11.3. The van der Waals surface area contributed by atoms with Crippen LogP contribution in [0.25, 0.3) is 0 Å². The molecular weight excluding hydrogens is 492 g/mol. The fourth-order valence-electron chi connectivity index (χ4n) is 3.57. The van der Waals surface area contributed by atoms with E-state index in [1.54, 1.807) is 37.4 Å². The SMILES string of the molecule is COc1ccc(Cl)cc1NC(=O)C(Sc1cccc(NC(=O)c2ccc(C)cc2)c1)c1ccccc1. The van der Waals surface area contributed by atoms with Gasteiger partial charge in [0, 0.05) is 21.2 Å². The maximum absolute atomic E-state index is 13.5. The molecule has 0 fully saturated rings. The monoisotopic (exact) mass is 516 g/mol. The summed E-state index contributed by atoms with van der Waals surface area (Å²) in [6.45, 7) is 1.98. The van der Waals surface area contributed by atoms with E-state index in [0.29, 0.717) is 27.7 Å². The number of hydrogen-bond acceptors (Lipinski definition) is 4. The number of anilines is 2. The minimum atomic E-state index is -0.557. The molecule has 4 rings (SSSR count). The molecule has 1 atom stereocenters. The molecule has 0 aliphatic heterocycles. The van der Waals surface area contributed by atoms with Crippen molar-refractivity contribution in [3.8, 4) is 5.75 Å². The fraction of sp³-hybridized carbons (Fsp3) is 0.103. The third kappa shape index (κ3) is 6.47. The van der Waals surface area contributed by atoms with Crippen LogP contribution in [0.1, 0.15) is 26.7 Å². The number of ether oxygens (including phenoxy) is 1. The molecule has 0 saturated heterocycles. The number of methoxy groups -OCH3 is 1. The fourth-order valence-corrected chi connectivity index (χ4v) is 4.82. The molecule has 0 radical (unpaired) electrons. The van der Waals surface area contributed by atoms with E-state index in [1.165, 1.54) is 11.8 Å². The van der Waals surface area contributed by atoms with Crippen molar-refractivity contribution in [2.45, 2.75) is 17.1 Å². The van der Waals surface area contributed by atoms with Gasteiger partial charge in [-0.05, 0) is 61.0 Å². The van der Waals surface area contributed by atoms with Crippen molar-refractivity contribution in [1.82, 2.24) is 0 Å². The Bertz CT molecular complexity index is 1360. The number of benzene rings is 4. The Morgan fingerprint density at radius 3 is 2.33 bits per heavy atom. The number of amides is 2. The van der Waals surface area contributed by atoms with Crippen LogP contribution in [0, 0.1) is 6.92 Å². The van der Waals surface area contributed by atoms with Crippen molar-refractivity contribution in [1.29, 1.82) is 0 Å². The van der Waals surface area contributed by atoms with Crippen molar-refractivity contribution < 1.29 is 14.3 Å². The summed E-state index contributed by atoms with van der Waals surface area (Å²) in [6, 6.07) is 29.4. The number of carbonyl (C=O) groups is 2. The van der Waals surface area contributed by atoms with Crippen LogP contribution in [-0.2, 0) is 4.79 Å². The molecule has 7 heteroatoms. The third-order valence-electron chi connectivity index (χ3n) is 5.42. The Labute approximate surface area is 219 Å². The highest BCUT2D eigenvalue weighted by Gasteiger charge is 2.23. The summed E-state index contributed by atoms with van der Waals surface area (Å²) in [4.78, 5) is 27.0. The number of aryl methyl sites for hydroxylation is 1. The van der Waals surface area contributed by atoms with Gasteiger partial charge < -0.3 is 15.4 Å². The quantitative estimate of drug-likeness (QED) is 0.240. The van der Waals surface area contributed by atoms with Gasteiger partial charge >= 0.3 is 0 Å². The summed E-state index contributed by atoms with van der Waals surface area (Å²) < 4.78 is 5.38. The van der Waals surface area contributed by atoms with Crippen molar-refractivity contribution in [3.05, 3.63) is 119 Å². The normalized spacial score (nSPS) is 11.4. The van der Waals surface area contributed by atoms with E-state index in [-0.39, 0.29) is 11.8 Å². The lowest BCUT2D eigenvalue weighted by atomic mass is 10.1. The van der Waals surface area contributed by atoms with Gasteiger partial charge in [-0.1, -0.05) is 65.7 Å². The van der Waals surface area contributed by atoms with Gasteiger partial charge in [-0.3, -0.25) is 9.59 Å². The number of nitrogens with one attached hydrogen (secondary N) is 2. The maximum Gasteiger partial charge on any atom is 0.255 e. The van der Waals surface area contributed by atoms with Gasteiger partial charge in [0.05, 0.1) is 12.8 Å². The summed E-state index contributed by atoms with van der Waals surface area (Å²) in [7, 11) is 1.54. The zero-order chi connectivity index (χ0) is 25.5. The molecule has 0 aliphatic rings. The van der Waals surface area contributed by atoms with E-state index in [0.717, 1.165) is 16.0 Å². The average molecular weight is 517 g/mol. The smallest absolute Gasteiger partial charge is 0.255 e. The van der Waals surface area contributed by atoms with Crippen LogP contribution >= 0.6 is 23.4 Å². The number of thioether (sulfide) groups is 1. The predicted octanol–water partition coefficient (Wildman–Crippen LogP) is 7.38. The van der Waals surface area contributed by atoms with Gasteiger partial charge in [0.1, 0.15) is 11.0 Å². The molecule has 1 unspecified atom stereocenters. The first kappa shape index (κ1) is 25.4. The lowest BCUT2D eigenvalue weighted by molar-refractivity contribution is -0.115. The molecule has 0 saturated carbocycles. The predicted molar refractivity (Wildman–Crippen MR) is 147 cm³/mol. The lowest BCUT2D eigenvalue weighted by Gasteiger charge is -2.19. The van der Waals surface area contributed by atoms with Crippen LogP contribution < -0.4 is 15.4 Å². The largest absolute Gasteiger partial charge is 0.495 e. The summed E-state index contributed by atoms with van der Waals surface area (Å²) >= 11 is 7.54. The van der Waals surface area contributed by atoms with Crippen LogP contribution in [0.4, 0.5) is 11.4 Å². The van der Waals surface area contributed by atoms with E-state index < -0.39 is 5.25 Å². The molecule has 0 spiro atoms. The van der Waals surface area contributed by atoms with Crippen LogP contribution in [0.2, 0.25) is 5.02 Å². The number of rotatable bonds is 8. The third-order valence-corrected chi connectivity index (χ3v) is 6.90. The molecule has 36 heavy (non-hydrogen) atoms. The zero-order valence-corrected chi connectivity index (χ0v) is 21.4. The second kappa shape index (κ2) is 11.8. The summed E-state index contributed by atoms with van der Waals surface area (Å²) in [5.41, 5.74) is 3.65. The average Bonchev–Trinajstić information content (AvgIpc) is 2.88. The molecule has 0 aromatic heterocycles. The van der Waals surface area contributed by atoms with Crippen LogP contribution in [0.15, 0.2) is 102 Å². The highest BCUT2D eigenvalue weighted by molar-refractivity contribution is 8.00. The van der Waals surface area contributed by atoms with E-state index in [1.807, 2.05) is 73.7 Å². The van der Waals surface area contributed by atoms with E-state index >= 15 is 0 Å². The van der Waals surface area contributed by atoms with E-state index in [2.05, 4.69) is 10.6 Å². The van der Waals surface area contributed by atoms with E-state index in [9.17, 15) is 9.59 Å². The molecule has 5 nitrogen and oxygen atoms in total. The Balaban J connectivity index is 1.56. The Morgan fingerprint density at radius 2 is 1.61 bits per heavy atom. The maximum atomic E-state index is 13.5. The molecule has 2 N–H and O–H groups in total. The second-order valence-electron chi connectivity index (χ2n) is 8.09. The van der Waals surface area contributed by atoms with Crippen molar-refractivity contribution in [3.63, 3.8) is 0 Å². The minimum absolute atomic E-state index is 0.192. The topological polar surface area (TPSA) is 67.4 Å². The van der Waals surface area contributed by atoms with Crippen molar-refractivity contribution in [2.24, 2.45) is 0 Å². The molecular formula is C29H25ClN2O3S. The molecule has 0 aliphatic carbocycles. The summed E-state index contributed by atoms with van der Waals surface area (Å²) in [6.07, 6.45) is 0. The molecule has 0 heterocycles. The highest BCUT2D eigenvalue weighted by atomic mass is 35.5. The zero-order valence-electron chi connectivity index (χ0n) is 19.8. The molecule has 0 bridgehead atoms. The van der Waals surface area contributed by atoms with Crippen LogP contribution in [0.3, 0.4) is 0 Å². The molecule has 182 valence electrons. The van der Waals surface area contributed by atoms with Gasteiger partial charge in [-0.2, -0.15) is 0 Å². The van der Waals surface area contributed by atoms with Crippen LogP contribution in [0.5, 0.6) is 5.75 Å². The molecule has 4 aromatic rings. The first-order valence-corrected chi connectivity index (χ1v) is 12.5. The molecule has 4 aromatic carbocycles. The summed E-state index contributed by atoms with van der Waals surface area (Å²) in [5.74, 6) is 0.105. The number of carbonyl (C=O) groups excluding carboxylic acids is 2. The second-order valence-corrected chi connectivity index (χ2v) is 9.71.